The first-order chi connectivity index (χ1) is 14.3. The van der Waals surface area contributed by atoms with Crippen molar-refractivity contribution in [3.05, 3.63) is 41.8 Å². The molecule has 0 saturated carbocycles. The molecule has 2 aromatic heterocycles. The van der Waals surface area contributed by atoms with E-state index in [2.05, 4.69) is 53.4 Å². The number of rotatable bonds is 9. The van der Waals surface area contributed by atoms with Gasteiger partial charge in [0.15, 0.2) is 10.8 Å². The lowest BCUT2D eigenvalue weighted by Crippen LogP contribution is -2.27. The van der Waals surface area contributed by atoms with Crippen molar-refractivity contribution in [2.24, 2.45) is 5.92 Å². The van der Waals surface area contributed by atoms with Crippen LogP contribution >= 0.6 is 11.8 Å². The van der Waals surface area contributed by atoms with E-state index in [-0.39, 0.29) is 5.91 Å². The van der Waals surface area contributed by atoms with Gasteiger partial charge in [0.2, 0.25) is 0 Å². The number of nitrogens with one attached hydrogen (secondary N) is 2. The molecule has 0 unspecified atom stereocenters. The molecule has 1 aromatic carbocycles. The van der Waals surface area contributed by atoms with Crippen molar-refractivity contribution in [1.29, 1.82) is 0 Å². The van der Waals surface area contributed by atoms with E-state index in [4.69, 9.17) is 0 Å². The number of aromatic nitrogens is 4. The quantitative estimate of drug-likeness (QED) is 0.395. The summed E-state index contributed by atoms with van der Waals surface area (Å²) in [6.07, 6.45) is 1.75. The maximum atomic E-state index is 13.3. The summed E-state index contributed by atoms with van der Waals surface area (Å²) in [6, 6.07) is 5.62. The zero-order valence-electron chi connectivity index (χ0n) is 17.6. The van der Waals surface area contributed by atoms with E-state index in [1.807, 2.05) is 0 Å². The number of fused-ring (bicyclic) bond motifs is 1. The van der Waals surface area contributed by atoms with Crippen LogP contribution in [0, 0.1) is 11.7 Å². The van der Waals surface area contributed by atoms with Gasteiger partial charge in [0.05, 0.1) is 18.1 Å². The number of carbonyl (C=O) groups excluding carboxylic acids is 1. The minimum absolute atomic E-state index is 0.290. The molecule has 9 heteroatoms. The Morgan fingerprint density at radius 2 is 2.03 bits per heavy atom. The van der Waals surface area contributed by atoms with Crippen LogP contribution in [0.15, 0.2) is 35.6 Å². The Morgan fingerprint density at radius 1 is 1.23 bits per heavy atom. The number of hydrogen-bond acceptors (Lipinski definition) is 6. The normalized spacial score (nSPS) is 11.4. The summed E-state index contributed by atoms with van der Waals surface area (Å²) in [5.41, 5.74) is 1.01. The van der Waals surface area contributed by atoms with Crippen LogP contribution in [0.4, 0.5) is 10.2 Å². The van der Waals surface area contributed by atoms with Crippen LogP contribution in [0.2, 0.25) is 0 Å². The van der Waals surface area contributed by atoms with Gasteiger partial charge < -0.3 is 10.6 Å². The van der Waals surface area contributed by atoms with Crippen molar-refractivity contribution in [3.8, 4) is 0 Å². The second-order valence-corrected chi connectivity index (χ2v) is 9.21. The van der Waals surface area contributed by atoms with Crippen molar-refractivity contribution in [3.63, 3.8) is 0 Å². The molecule has 3 rings (SSSR count). The molecular formula is C21H27FN6OS. The van der Waals surface area contributed by atoms with Crippen LogP contribution in [0.25, 0.3) is 11.0 Å². The molecule has 0 aliphatic carbocycles. The number of amides is 1. The average molecular weight is 431 g/mol. The van der Waals surface area contributed by atoms with Crippen LogP contribution in [0.3, 0.4) is 0 Å². The van der Waals surface area contributed by atoms with E-state index in [0.29, 0.717) is 35.0 Å². The summed E-state index contributed by atoms with van der Waals surface area (Å²) >= 11 is 1.59. The second-order valence-electron chi connectivity index (χ2n) is 7.67. The number of anilines is 1. The molecule has 0 aliphatic heterocycles. The third-order valence-electron chi connectivity index (χ3n) is 4.19. The summed E-state index contributed by atoms with van der Waals surface area (Å²) in [5, 5.41) is 12.5. The average Bonchev–Trinajstić information content (AvgIpc) is 3.08. The van der Waals surface area contributed by atoms with Crippen LogP contribution in [0.1, 0.15) is 38.1 Å². The van der Waals surface area contributed by atoms with Gasteiger partial charge in [-0.3, -0.25) is 4.79 Å². The van der Waals surface area contributed by atoms with Gasteiger partial charge in [0, 0.05) is 23.9 Å². The zero-order valence-corrected chi connectivity index (χ0v) is 18.5. The van der Waals surface area contributed by atoms with Crippen LogP contribution in [-0.2, 0) is 6.54 Å². The lowest BCUT2D eigenvalue weighted by molar-refractivity contribution is 0.0951. The Morgan fingerprint density at radius 3 is 2.73 bits per heavy atom. The highest BCUT2D eigenvalue weighted by Gasteiger charge is 2.15. The third kappa shape index (κ3) is 5.69. The largest absolute Gasteiger partial charge is 0.369 e. The minimum atomic E-state index is -0.436. The molecular weight excluding hydrogens is 403 g/mol. The highest BCUT2D eigenvalue weighted by atomic mass is 32.2. The molecule has 0 spiro atoms. The van der Waals surface area contributed by atoms with Gasteiger partial charge in [-0.2, -0.15) is 5.10 Å². The fourth-order valence-electron chi connectivity index (χ4n) is 2.81. The maximum absolute atomic E-state index is 13.3. The Hall–Kier alpha value is -2.68. The fraction of sp³-hybridized carbons (Fsp3) is 0.429. The van der Waals surface area contributed by atoms with Gasteiger partial charge in [-0.05, 0) is 24.1 Å². The van der Waals surface area contributed by atoms with Crippen molar-refractivity contribution in [2.45, 2.75) is 44.6 Å². The molecule has 0 atom stereocenters. The minimum Gasteiger partial charge on any atom is -0.369 e. The molecule has 1 amide bonds. The molecule has 0 aliphatic rings. The third-order valence-corrected chi connectivity index (χ3v) is 5.06. The number of carbonyl (C=O) groups is 1. The van der Waals surface area contributed by atoms with Crippen molar-refractivity contribution < 1.29 is 9.18 Å². The monoisotopic (exact) mass is 430 g/mol. The molecule has 0 saturated heterocycles. The second kappa shape index (κ2) is 9.88. The van der Waals surface area contributed by atoms with Crippen molar-refractivity contribution in [1.82, 2.24) is 25.1 Å². The number of nitrogens with zero attached hydrogens (tertiary/aromatic N) is 4. The summed E-state index contributed by atoms with van der Waals surface area (Å²) in [5.74, 6) is 0.487. The zero-order chi connectivity index (χ0) is 21.7. The van der Waals surface area contributed by atoms with Crippen LogP contribution in [-0.4, -0.2) is 44.0 Å². The molecule has 2 heterocycles. The standard InChI is InChI=1S/C21H27FN6OS/c1-13(2)11-24-18-17-12-25-28(19(17)27-21(26-18)30-14(3)4)9-8-23-20(29)15-6-5-7-16(22)10-15/h5-7,10,12-14H,8-9,11H2,1-4H3,(H,23,29)(H,24,26,27). The molecule has 7 nitrogen and oxygen atoms in total. The van der Waals surface area contributed by atoms with Crippen molar-refractivity contribution in [2.75, 3.05) is 18.4 Å². The summed E-state index contributed by atoms with van der Waals surface area (Å²) in [7, 11) is 0. The predicted molar refractivity (Wildman–Crippen MR) is 118 cm³/mol. The van der Waals surface area contributed by atoms with E-state index in [0.717, 1.165) is 23.4 Å². The Balaban J connectivity index is 1.76. The molecule has 0 fully saturated rings. The van der Waals surface area contributed by atoms with Gasteiger partial charge in [0.25, 0.3) is 5.91 Å². The van der Waals surface area contributed by atoms with Crippen molar-refractivity contribution >= 4 is 34.5 Å². The topological polar surface area (TPSA) is 84.7 Å². The Labute approximate surface area is 179 Å². The molecule has 3 aromatic rings. The summed E-state index contributed by atoms with van der Waals surface area (Å²) < 4.78 is 15.1. The first kappa shape index (κ1) is 22.0. The number of hydrogen-bond donors (Lipinski definition) is 2. The smallest absolute Gasteiger partial charge is 0.251 e. The SMILES string of the molecule is CC(C)CNc1nc(SC(C)C)nc2c1cnn2CCNC(=O)c1cccc(F)c1. The fourth-order valence-corrected chi connectivity index (χ4v) is 3.51. The molecule has 160 valence electrons. The number of benzene rings is 1. The van der Waals surface area contributed by atoms with Gasteiger partial charge >= 0.3 is 0 Å². The molecule has 0 bridgehead atoms. The van der Waals surface area contributed by atoms with Gasteiger partial charge in [-0.1, -0.05) is 45.5 Å². The van der Waals surface area contributed by atoms with Gasteiger partial charge in [0.1, 0.15) is 11.6 Å². The highest BCUT2D eigenvalue weighted by molar-refractivity contribution is 7.99. The highest BCUT2D eigenvalue weighted by Crippen LogP contribution is 2.26. The summed E-state index contributed by atoms with van der Waals surface area (Å²) in [4.78, 5) is 21.6. The van der Waals surface area contributed by atoms with E-state index in [1.54, 1.807) is 28.7 Å². The molecule has 2 N–H and O–H groups in total. The van der Waals surface area contributed by atoms with Crippen LogP contribution in [0.5, 0.6) is 0 Å². The van der Waals surface area contributed by atoms with E-state index in [1.165, 1.54) is 18.2 Å². The maximum Gasteiger partial charge on any atom is 0.251 e. The van der Waals surface area contributed by atoms with E-state index >= 15 is 0 Å². The van der Waals surface area contributed by atoms with E-state index in [9.17, 15) is 9.18 Å². The molecule has 30 heavy (non-hydrogen) atoms. The predicted octanol–water partition coefficient (Wildman–Crippen LogP) is 3.96. The lowest BCUT2D eigenvalue weighted by Gasteiger charge is -2.12. The first-order valence-corrected chi connectivity index (χ1v) is 10.9. The molecule has 0 radical (unpaired) electrons. The Kier molecular flexibility index (Phi) is 7.25. The van der Waals surface area contributed by atoms with Gasteiger partial charge in [-0.15, -0.1) is 0 Å². The van der Waals surface area contributed by atoms with E-state index < -0.39 is 5.82 Å². The number of halogens is 1. The Bertz CT molecular complexity index is 1020. The number of thioether (sulfide) groups is 1. The first-order valence-electron chi connectivity index (χ1n) is 10.0. The summed E-state index contributed by atoms with van der Waals surface area (Å²) in [6.45, 7) is 10.1. The van der Waals surface area contributed by atoms with Crippen LogP contribution < -0.4 is 10.6 Å². The van der Waals surface area contributed by atoms with Gasteiger partial charge in [-0.25, -0.2) is 19.0 Å². The lowest BCUT2D eigenvalue weighted by atomic mass is 10.2.